The first-order chi connectivity index (χ1) is 8.73. The molecule has 1 rings (SSSR count). The van der Waals surface area contributed by atoms with Crippen molar-refractivity contribution in [1.29, 1.82) is 0 Å². The molecule has 0 saturated heterocycles. The molecule has 106 valence electrons. The number of amides is 1. The van der Waals surface area contributed by atoms with E-state index in [0.29, 0.717) is 12.3 Å². The third-order valence-electron chi connectivity index (χ3n) is 4.04. The van der Waals surface area contributed by atoms with Crippen LogP contribution in [0.15, 0.2) is 6.07 Å². The van der Waals surface area contributed by atoms with E-state index in [4.69, 9.17) is 5.73 Å². The van der Waals surface area contributed by atoms with Gasteiger partial charge in [-0.2, -0.15) is 0 Å². The summed E-state index contributed by atoms with van der Waals surface area (Å²) in [6.07, 6.45) is 1.45. The third-order valence-corrected chi connectivity index (χ3v) is 4.04. The van der Waals surface area contributed by atoms with Gasteiger partial charge in [0.25, 0.3) is 0 Å². The van der Waals surface area contributed by atoms with Crippen molar-refractivity contribution < 1.29 is 4.79 Å². The smallest absolute Gasteiger partial charge is 0.218 e. The average Bonchev–Trinajstić information content (AvgIpc) is 2.25. The van der Waals surface area contributed by atoms with E-state index in [1.165, 1.54) is 27.8 Å². The van der Waals surface area contributed by atoms with Crippen LogP contribution < -0.4 is 5.73 Å². The molecule has 0 radical (unpaired) electrons. The van der Waals surface area contributed by atoms with Crippen molar-refractivity contribution in [3.05, 3.63) is 33.9 Å². The Balaban J connectivity index is 3.32. The number of rotatable bonds is 5. The van der Waals surface area contributed by atoms with Crippen LogP contribution in [0, 0.1) is 33.6 Å². The summed E-state index contributed by atoms with van der Waals surface area (Å²) in [5, 5.41) is 0. The quantitative estimate of drug-likeness (QED) is 0.857. The van der Waals surface area contributed by atoms with E-state index >= 15 is 0 Å². The van der Waals surface area contributed by atoms with Crippen molar-refractivity contribution in [3.63, 3.8) is 0 Å². The second-order valence-corrected chi connectivity index (χ2v) is 6.17. The molecule has 0 fully saturated rings. The van der Waals surface area contributed by atoms with Crippen LogP contribution in [0.2, 0.25) is 0 Å². The summed E-state index contributed by atoms with van der Waals surface area (Å²) in [7, 11) is 0. The zero-order valence-electron chi connectivity index (χ0n) is 13.1. The molecule has 2 heteroatoms. The molecular formula is C17H27NO. The number of aryl methyl sites for hydroxylation is 2. The van der Waals surface area contributed by atoms with E-state index in [9.17, 15) is 4.79 Å². The Kier molecular flexibility index (Phi) is 5.16. The molecule has 19 heavy (non-hydrogen) atoms. The molecule has 0 bridgehead atoms. The second-order valence-electron chi connectivity index (χ2n) is 6.17. The molecule has 0 aliphatic heterocycles. The molecular weight excluding hydrogens is 234 g/mol. The summed E-state index contributed by atoms with van der Waals surface area (Å²) in [5.74, 6) is 0.601. The van der Waals surface area contributed by atoms with Crippen LogP contribution in [0.5, 0.6) is 0 Å². The van der Waals surface area contributed by atoms with Crippen molar-refractivity contribution in [2.24, 2.45) is 11.7 Å². The molecule has 1 aromatic rings. The lowest BCUT2D eigenvalue weighted by Crippen LogP contribution is -2.18. The highest BCUT2D eigenvalue weighted by atomic mass is 16.1. The molecule has 0 aliphatic rings. The molecule has 0 aliphatic carbocycles. The number of primary amides is 1. The monoisotopic (exact) mass is 261 g/mol. The number of nitrogens with two attached hydrogens (primary N) is 1. The summed E-state index contributed by atoms with van der Waals surface area (Å²) >= 11 is 0. The van der Waals surface area contributed by atoms with E-state index in [2.05, 4.69) is 47.6 Å². The number of carbonyl (C=O) groups is 1. The minimum atomic E-state index is -0.205. The molecule has 1 amide bonds. The molecule has 1 aromatic carbocycles. The fourth-order valence-corrected chi connectivity index (χ4v) is 2.97. The first kappa shape index (κ1) is 15.7. The number of carbonyl (C=O) groups excluding carboxylic acids is 1. The molecule has 0 spiro atoms. The second kappa shape index (κ2) is 6.23. The highest BCUT2D eigenvalue weighted by Gasteiger charge is 2.21. The van der Waals surface area contributed by atoms with Gasteiger partial charge in [0.05, 0.1) is 0 Å². The van der Waals surface area contributed by atoms with Gasteiger partial charge in [0.15, 0.2) is 0 Å². The van der Waals surface area contributed by atoms with Crippen LogP contribution in [0.4, 0.5) is 0 Å². The number of hydrogen-bond donors (Lipinski definition) is 1. The first-order valence-electron chi connectivity index (χ1n) is 7.09. The molecule has 0 saturated carbocycles. The lowest BCUT2D eigenvalue weighted by atomic mass is 9.80. The van der Waals surface area contributed by atoms with Gasteiger partial charge in [-0.15, -0.1) is 0 Å². The third kappa shape index (κ3) is 3.82. The van der Waals surface area contributed by atoms with E-state index in [-0.39, 0.29) is 11.8 Å². The SMILES string of the molecule is Cc1cc(C)c(C)c(C(CC(N)=O)CC(C)C)c1C. The van der Waals surface area contributed by atoms with Crippen molar-refractivity contribution in [3.8, 4) is 0 Å². The lowest BCUT2D eigenvalue weighted by Gasteiger charge is -2.24. The van der Waals surface area contributed by atoms with Crippen LogP contribution in [0.25, 0.3) is 0 Å². The van der Waals surface area contributed by atoms with Crippen LogP contribution >= 0.6 is 0 Å². The van der Waals surface area contributed by atoms with Crippen LogP contribution in [0.1, 0.15) is 60.4 Å². The zero-order chi connectivity index (χ0) is 14.7. The minimum Gasteiger partial charge on any atom is -0.370 e. The summed E-state index contributed by atoms with van der Waals surface area (Å²) in [4.78, 5) is 11.4. The van der Waals surface area contributed by atoms with Crippen LogP contribution in [-0.4, -0.2) is 5.91 Å². The van der Waals surface area contributed by atoms with Gasteiger partial charge in [0.1, 0.15) is 0 Å². The predicted molar refractivity (Wildman–Crippen MR) is 81.4 cm³/mol. The molecule has 2 N–H and O–H groups in total. The van der Waals surface area contributed by atoms with Crippen LogP contribution in [0.3, 0.4) is 0 Å². The highest BCUT2D eigenvalue weighted by molar-refractivity contribution is 5.75. The Bertz CT molecular complexity index is 448. The van der Waals surface area contributed by atoms with Gasteiger partial charge >= 0.3 is 0 Å². The van der Waals surface area contributed by atoms with Gasteiger partial charge in [0.2, 0.25) is 5.91 Å². The lowest BCUT2D eigenvalue weighted by molar-refractivity contribution is -0.118. The molecule has 0 aromatic heterocycles. The van der Waals surface area contributed by atoms with Gasteiger partial charge < -0.3 is 5.73 Å². The Morgan fingerprint density at radius 2 is 1.58 bits per heavy atom. The van der Waals surface area contributed by atoms with Gasteiger partial charge in [-0.25, -0.2) is 0 Å². The number of benzene rings is 1. The summed E-state index contributed by atoms with van der Waals surface area (Å²) in [6.45, 7) is 13.0. The van der Waals surface area contributed by atoms with Gasteiger partial charge in [0, 0.05) is 6.42 Å². The van der Waals surface area contributed by atoms with Gasteiger partial charge in [-0.1, -0.05) is 19.9 Å². The first-order valence-corrected chi connectivity index (χ1v) is 7.09. The van der Waals surface area contributed by atoms with E-state index in [0.717, 1.165) is 6.42 Å². The fraction of sp³-hybridized carbons (Fsp3) is 0.588. The normalized spacial score (nSPS) is 12.8. The van der Waals surface area contributed by atoms with Gasteiger partial charge in [-0.05, 0) is 73.8 Å². The van der Waals surface area contributed by atoms with Crippen molar-refractivity contribution in [2.75, 3.05) is 0 Å². The molecule has 1 unspecified atom stereocenters. The maximum atomic E-state index is 11.4. The molecule has 2 nitrogen and oxygen atoms in total. The van der Waals surface area contributed by atoms with E-state index < -0.39 is 0 Å². The minimum absolute atomic E-state index is 0.205. The van der Waals surface area contributed by atoms with Crippen LogP contribution in [-0.2, 0) is 4.79 Å². The Morgan fingerprint density at radius 1 is 1.11 bits per heavy atom. The molecule has 0 heterocycles. The largest absolute Gasteiger partial charge is 0.370 e. The standard InChI is InChI=1S/C17H27NO/c1-10(2)7-15(9-16(18)19)17-13(5)11(3)8-12(4)14(17)6/h8,10,15H,7,9H2,1-6H3,(H2,18,19). The maximum Gasteiger partial charge on any atom is 0.218 e. The Morgan fingerprint density at radius 3 is 1.95 bits per heavy atom. The topological polar surface area (TPSA) is 43.1 Å². The summed E-state index contributed by atoms with van der Waals surface area (Å²) < 4.78 is 0. The fourth-order valence-electron chi connectivity index (χ4n) is 2.97. The van der Waals surface area contributed by atoms with Gasteiger partial charge in [-0.3, -0.25) is 4.79 Å². The predicted octanol–water partition coefficient (Wildman–Crippen LogP) is 3.93. The van der Waals surface area contributed by atoms with Crippen molar-refractivity contribution in [2.45, 2.75) is 60.3 Å². The van der Waals surface area contributed by atoms with Crippen molar-refractivity contribution >= 4 is 5.91 Å². The average molecular weight is 261 g/mol. The van der Waals surface area contributed by atoms with E-state index in [1.54, 1.807) is 0 Å². The van der Waals surface area contributed by atoms with E-state index in [1.807, 2.05) is 0 Å². The summed E-state index contributed by atoms with van der Waals surface area (Å²) in [6, 6.07) is 2.23. The van der Waals surface area contributed by atoms with Crippen molar-refractivity contribution in [1.82, 2.24) is 0 Å². The Labute approximate surface area is 117 Å². The zero-order valence-corrected chi connectivity index (χ0v) is 13.1. The highest BCUT2D eigenvalue weighted by Crippen LogP contribution is 2.34. The summed E-state index contributed by atoms with van der Waals surface area (Å²) in [5.41, 5.74) is 12.0. The molecule has 1 atom stereocenters. The number of hydrogen-bond acceptors (Lipinski definition) is 1. The maximum absolute atomic E-state index is 11.4. The Hall–Kier alpha value is -1.31.